The summed E-state index contributed by atoms with van der Waals surface area (Å²) in [5.41, 5.74) is 1.33. The molecule has 2 fully saturated rings. The molecular formula is C24H28N6O2S2. The van der Waals surface area contributed by atoms with Crippen LogP contribution in [0.4, 0.5) is 10.8 Å². The summed E-state index contributed by atoms with van der Waals surface area (Å²) < 4.78 is 0. The molecule has 4 rings (SSSR count). The number of hydrogen-bond acceptors (Lipinski definition) is 6. The van der Waals surface area contributed by atoms with E-state index in [4.69, 9.17) is 17.5 Å². The molecule has 0 radical (unpaired) electrons. The second-order valence-corrected chi connectivity index (χ2v) is 9.99. The molecule has 1 aliphatic heterocycles. The summed E-state index contributed by atoms with van der Waals surface area (Å²) in [7, 11) is 0. The van der Waals surface area contributed by atoms with Gasteiger partial charge in [-0.1, -0.05) is 32.1 Å². The van der Waals surface area contributed by atoms with Gasteiger partial charge in [-0.15, -0.1) is 11.3 Å². The van der Waals surface area contributed by atoms with Crippen molar-refractivity contribution in [2.24, 2.45) is 5.92 Å². The maximum Gasteiger partial charge on any atom is 0.248 e. The van der Waals surface area contributed by atoms with Gasteiger partial charge < -0.3 is 20.4 Å². The van der Waals surface area contributed by atoms with Crippen LogP contribution >= 0.6 is 23.6 Å². The first-order chi connectivity index (χ1) is 16.5. The summed E-state index contributed by atoms with van der Waals surface area (Å²) in [4.78, 5) is 34.1. The van der Waals surface area contributed by atoms with Crippen LogP contribution in [0.3, 0.4) is 0 Å². The predicted molar refractivity (Wildman–Crippen MR) is 136 cm³/mol. The molecule has 10 heteroatoms. The normalized spacial score (nSPS) is 17.7. The molecule has 0 spiro atoms. The molecule has 2 aliphatic rings. The molecule has 2 aromatic rings. The zero-order chi connectivity index (χ0) is 23.9. The minimum atomic E-state index is -0.512. The highest BCUT2D eigenvalue weighted by Gasteiger charge is 2.36. The zero-order valence-electron chi connectivity index (χ0n) is 18.9. The minimum absolute atomic E-state index is 0.106. The maximum absolute atomic E-state index is 13.2. The molecule has 34 heavy (non-hydrogen) atoms. The number of nitriles is 1. The van der Waals surface area contributed by atoms with Gasteiger partial charge in [-0.05, 0) is 48.8 Å². The van der Waals surface area contributed by atoms with Gasteiger partial charge in [0, 0.05) is 30.4 Å². The van der Waals surface area contributed by atoms with Crippen molar-refractivity contribution >= 4 is 51.3 Å². The minimum Gasteiger partial charge on any atom is -0.338 e. The fraction of sp³-hybridized carbons (Fsp3) is 0.458. The zero-order valence-corrected chi connectivity index (χ0v) is 20.5. The Morgan fingerprint density at radius 3 is 2.62 bits per heavy atom. The lowest BCUT2D eigenvalue weighted by Gasteiger charge is -2.40. The highest BCUT2D eigenvalue weighted by atomic mass is 32.1. The molecule has 8 nitrogen and oxygen atoms in total. The monoisotopic (exact) mass is 496 g/mol. The SMILES string of the molecule is N#Cc1ccc(NC(=S)N2CCN([C@@H](CC3CCCCC3)C(=O)Nc3nccs3)C(=O)C2)cc1. The Bertz CT molecular complexity index is 1040. The van der Waals surface area contributed by atoms with Gasteiger partial charge >= 0.3 is 0 Å². The number of nitrogens with one attached hydrogen (secondary N) is 2. The highest BCUT2D eigenvalue weighted by molar-refractivity contribution is 7.80. The highest BCUT2D eigenvalue weighted by Crippen LogP contribution is 2.30. The van der Waals surface area contributed by atoms with E-state index in [-0.39, 0.29) is 18.4 Å². The maximum atomic E-state index is 13.2. The number of thiazole rings is 1. The molecule has 1 atom stereocenters. The Morgan fingerprint density at radius 1 is 1.21 bits per heavy atom. The summed E-state index contributed by atoms with van der Waals surface area (Å²) in [5, 5.41) is 17.8. The van der Waals surface area contributed by atoms with Crippen LogP contribution in [0.25, 0.3) is 0 Å². The second-order valence-electron chi connectivity index (χ2n) is 8.71. The Kier molecular flexibility index (Phi) is 8.08. The van der Waals surface area contributed by atoms with E-state index in [1.165, 1.54) is 30.6 Å². The topological polar surface area (TPSA) is 101 Å². The number of rotatable bonds is 6. The third kappa shape index (κ3) is 6.10. The lowest BCUT2D eigenvalue weighted by atomic mass is 9.84. The van der Waals surface area contributed by atoms with Gasteiger partial charge in [0.25, 0.3) is 0 Å². The Balaban J connectivity index is 1.40. The standard InChI is InChI=1S/C24H28N6O2S2/c25-15-18-6-8-19(9-7-18)27-24(33)29-11-12-30(21(31)16-29)20(14-17-4-2-1-3-5-17)22(32)28-23-26-10-13-34-23/h6-10,13,17,20H,1-5,11-12,14,16H2,(H,27,33)(H,26,28,32)/t20-/m0/s1. The molecule has 1 aromatic heterocycles. The Labute approximate surface area is 209 Å². The third-order valence-corrected chi connectivity index (χ3v) is 7.48. The number of carbonyl (C=O) groups is 2. The molecule has 178 valence electrons. The number of benzene rings is 1. The van der Waals surface area contributed by atoms with Crippen LogP contribution in [0.5, 0.6) is 0 Å². The molecule has 1 saturated heterocycles. The van der Waals surface area contributed by atoms with Crippen LogP contribution in [-0.4, -0.2) is 57.4 Å². The summed E-state index contributed by atoms with van der Waals surface area (Å²) in [6.07, 6.45) is 8.15. The van der Waals surface area contributed by atoms with Crippen LogP contribution in [0, 0.1) is 17.2 Å². The molecule has 2 N–H and O–H groups in total. The van der Waals surface area contributed by atoms with Crippen LogP contribution in [0.15, 0.2) is 35.8 Å². The van der Waals surface area contributed by atoms with E-state index in [0.29, 0.717) is 41.2 Å². The summed E-state index contributed by atoms with van der Waals surface area (Å²) in [6.45, 7) is 1.09. The number of hydrogen-bond donors (Lipinski definition) is 2. The lowest BCUT2D eigenvalue weighted by Crippen LogP contribution is -2.59. The second kappa shape index (κ2) is 11.4. The average Bonchev–Trinajstić information content (AvgIpc) is 3.37. The van der Waals surface area contributed by atoms with Crippen LogP contribution < -0.4 is 10.6 Å². The number of amides is 2. The molecule has 2 heterocycles. The first-order valence-corrected chi connectivity index (χ1v) is 12.9. The van der Waals surface area contributed by atoms with Gasteiger partial charge in [0.15, 0.2) is 10.2 Å². The Hall–Kier alpha value is -3.03. The third-order valence-electron chi connectivity index (χ3n) is 6.43. The largest absolute Gasteiger partial charge is 0.338 e. The van der Waals surface area contributed by atoms with Gasteiger partial charge in [-0.3, -0.25) is 9.59 Å². The molecule has 2 amide bonds. The van der Waals surface area contributed by atoms with E-state index >= 15 is 0 Å². The van der Waals surface area contributed by atoms with Crippen molar-refractivity contribution in [3.8, 4) is 6.07 Å². The van der Waals surface area contributed by atoms with Crippen LogP contribution in [0.1, 0.15) is 44.1 Å². The van der Waals surface area contributed by atoms with Gasteiger partial charge in [0.2, 0.25) is 11.8 Å². The first-order valence-electron chi connectivity index (χ1n) is 11.6. The number of thiocarbonyl (C=S) groups is 1. The van der Waals surface area contributed by atoms with Crippen LogP contribution in [0.2, 0.25) is 0 Å². The van der Waals surface area contributed by atoms with Gasteiger partial charge in [-0.25, -0.2) is 4.98 Å². The Morgan fingerprint density at radius 2 is 1.97 bits per heavy atom. The van der Waals surface area contributed by atoms with E-state index in [0.717, 1.165) is 18.5 Å². The van der Waals surface area contributed by atoms with E-state index in [2.05, 4.69) is 21.7 Å². The predicted octanol–water partition coefficient (Wildman–Crippen LogP) is 3.83. The van der Waals surface area contributed by atoms with Gasteiger partial charge in [0.05, 0.1) is 18.2 Å². The van der Waals surface area contributed by atoms with Crippen molar-refractivity contribution in [2.75, 3.05) is 30.3 Å². The average molecular weight is 497 g/mol. The van der Waals surface area contributed by atoms with E-state index in [9.17, 15) is 9.59 Å². The summed E-state index contributed by atoms with van der Waals surface area (Å²) in [6, 6.07) is 8.57. The van der Waals surface area contributed by atoms with Gasteiger partial charge in [-0.2, -0.15) is 5.26 Å². The molecular weight excluding hydrogens is 468 g/mol. The van der Waals surface area contributed by atoms with Gasteiger partial charge in [0.1, 0.15) is 6.04 Å². The number of nitrogens with zero attached hydrogens (tertiary/aromatic N) is 4. The van der Waals surface area contributed by atoms with Crippen molar-refractivity contribution in [3.63, 3.8) is 0 Å². The molecule has 1 aromatic carbocycles. The van der Waals surface area contributed by atoms with Crippen molar-refractivity contribution < 1.29 is 9.59 Å². The molecule has 0 bridgehead atoms. The number of anilines is 2. The first kappa shape index (κ1) is 24.1. The van der Waals surface area contributed by atoms with Crippen molar-refractivity contribution in [2.45, 2.75) is 44.6 Å². The summed E-state index contributed by atoms with van der Waals surface area (Å²) >= 11 is 6.90. The lowest BCUT2D eigenvalue weighted by molar-refractivity contribution is -0.142. The number of carbonyl (C=O) groups excluding carboxylic acids is 2. The van der Waals surface area contributed by atoms with E-state index < -0.39 is 6.04 Å². The van der Waals surface area contributed by atoms with Crippen molar-refractivity contribution in [1.82, 2.24) is 14.8 Å². The molecule has 1 saturated carbocycles. The van der Waals surface area contributed by atoms with E-state index in [1.54, 1.807) is 35.4 Å². The van der Waals surface area contributed by atoms with Crippen molar-refractivity contribution in [1.29, 1.82) is 5.26 Å². The molecule has 0 unspecified atom stereocenters. The fourth-order valence-corrected chi connectivity index (χ4v) is 5.41. The number of piperazine rings is 1. The number of aromatic nitrogens is 1. The quantitative estimate of drug-likeness (QED) is 0.586. The van der Waals surface area contributed by atoms with Crippen LogP contribution in [-0.2, 0) is 9.59 Å². The smallest absolute Gasteiger partial charge is 0.248 e. The van der Waals surface area contributed by atoms with E-state index in [1.807, 2.05) is 10.3 Å². The summed E-state index contributed by atoms with van der Waals surface area (Å²) in [5.74, 6) is 0.177. The van der Waals surface area contributed by atoms with Crippen molar-refractivity contribution in [3.05, 3.63) is 41.4 Å². The molecule has 1 aliphatic carbocycles. The fourth-order valence-electron chi connectivity index (χ4n) is 4.61.